The quantitative estimate of drug-likeness (QED) is 0.152. The highest BCUT2D eigenvalue weighted by Crippen LogP contribution is 2.56. The van der Waals surface area contributed by atoms with E-state index in [0.29, 0.717) is 0 Å². The van der Waals surface area contributed by atoms with E-state index in [9.17, 15) is 0 Å². The van der Waals surface area contributed by atoms with E-state index in [4.69, 9.17) is 4.42 Å². The molecule has 1 aromatic heterocycles. The second-order valence-corrected chi connectivity index (χ2v) is 16.4. The second-order valence-electron chi connectivity index (χ2n) is 16.4. The van der Waals surface area contributed by atoms with E-state index in [1.54, 1.807) is 0 Å². The molecule has 2 heteroatoms. The standard InChI is InChI=1S/C61H41NO/c1-3-17-42(18-4-1)43-33-35-44(36-34-43)50-23-9-13-31-58(50)62(49-22-15-19-45(41-49)51-27-16-28-55-54-26-10-14-32-59(54)63-60(51)55)48-39-37-47(38-40-48)61(46-20-5-2-6-21-46)56-29-11-7-24-52(56)53-25-8-12-30-57(53)61/h1-41H. The average molecular weight is 804 g/mol. The third-order valence-electron chi connectivity index (χ3n) is 13.0. The number of para-hydroxylation sites is 3. The van der Waals surface area contributed by atoms with E-state index in [2.05, 4.69) is 248 Å². The molecule has 0 saturated heterocycles. The fraction of sp³-hybridized carbons (Fsp3) is 0.0164. The van der Waals surface area contributed by atoms with Crippen LogP contribution in [0.1, 0.15) is 22.3 Å². The minimum absolute atomic E-state index is 0.485. The third kappa shape index (κ3) is 5.95. The topological polar surface area (TPSA) is 16.4 Å². The molecule has 0 N–H and O–H groups in total. The molecule has 10 aromatic carbocycles. The zero-order chi connectivity index (χ0) is 41.7. The average Bonchev–Trinajstić information content (AvgIpc) is 3.90. The van der Waals surface area contributed by atoms with Crippen molar-refractivity contribution in [1.82, 2.24) is 0 Å². The van der Waals surface area contributed by atoms with Crippen molar-refractivity contribution in [1.29, 1.82) is 0 Å². The molecule has 11 aromatic rings. The van der Waals surface area contributed by atoms with Gasteiger partial charge in [0, 0.05) is 33.3 Å². The first-order chi connectivity index (χ1) is 31.3. The van der Waals surface area contributed by atoms with Crippen LogP contribution >= 0.6 is 0 Å². The summed E-state index contributed by atoms with van der Waals surface area (Å²) < 4.78 is 6.57. The Kier molecular flexibility index (Phi) is 8.76. The molecule has 2 nitrogen and oxygen atoms in total. The molecule has 12 rings (SSSR count). The largest absolute Gasteiger partial charge is 0.455 e. The predicted octanol–water partition coefficient (Wildman–Crippen LogP) is 16.4. The molecule has 0 bridgehead atoms. The molecule has 0 amide bonds. The SMILES string of the molecule is c1ccc(-c2ccc(-c3ccccc3N(c3ccc(C4(c5ccccc5)c5ccccc5-c5ccccc54)cc3)c3cccc(-c4cccc5c4oc4ccccc45)c3)cc2)cc1. The highest BCUT2D eigenvalue weighted by atomic mass is 16.3. The summed E-state index contributed by atoms with van der Waals surface area (Å²) in [6.07, 6.45) is 0. The smallest absolute Gasteiger partial charge is 0.143 e. The molecule has 0 unspecified atom stereocenters. The van der Waals surface area contributed by atoms with E-state index in [-0.39, 0.29) is 0 Å². The molecule has 1 heterocycles. The zero-order valence-corrected chi connectivity index (χ0v) is 34.5. The molecule has 0 radical (unpaired) electrons. The van der Waals surface area contributed by atoms with Crippen LogP contribution in [0.3, 0.4) is 0 Å². The molecular weight excluding hydrogens is 763 g/mol. The first kappa shape index (κ1) is 36.6. The van der Waals surface area contributed by atoms with Crippen LogP contribution in [0.2, 0.25) is 0 Å². The van der Waals surface area contributed by atoms with Crippen LogP contribution in [0.15, 0.2) is 253 Å². The predicted molar refractivity (Wildman–Crippen MR) is 262 cm³/mol. The highest BCUT2D eigenvalue weighted by molar-refractivity contribution is 6.09. The first-order valence-corrected chi connectivity index (χ1v) is 21.7. The number of furan rings is 1. The third-order valence-corrected chi connectivity index (χ3v) is 13.0. The summed E-state index contributed by atoms with van der Waals surface area (Å²) in [6.45, 7) is 0. The molecule has 296 valence electrons. The van der Waals surface area contributed by atoms with Gasteiger partial charge in [0.05, 0.1) is 11.1 Å². The molecule has 63 heavy (non-hydrogen) atoms. The van der Waals surface area contributed by atoms with Gasteiger partial charge in [-0.1, -0.05) is 212 Å². The van der Waals surface area contributed by atoms with Gasteiger partial charge in [-0.25, -0.2) is 0 Å². The minimum Gasteiger partial charge on any atom is -0.455 e. The molecular formula is C61H41NO. The molecule has 1 aliphatic carbocycles. The number of hydrogen-bond donors (Lipinski definition) is 0. The Morgan fingerprint density at radius 1 is 0.317 bits per heavy atom. The summed E-state index contributed by atoms with van der Waals surface area (Å²) >= 11 is 0. The lowest BCUT2D eigenvalue weighted by Crippen LogP contribution is -2.28. The van der Waals surface area contributed by atoms with E-state index in [1.807, 2.05) is 6.07 Å². The molecule has 0 fully saturated rings. The monoisotopic (exact) mass is 803 g/mol. The lowest BCUT2D eigenvalue weighted by molar-refractivity contribution is 0.670. The maximum absolute atomic E-state index is 6.57. The minimum atomic E-state index is -0.485. The Morgan fingerprint density at radius 3 is 1.59 bits per heavy atom. The number of benzene rings is 10. The van der Waals surface area contributed by atoms with E-state index in [0.717, 1.165) is 61.3 Å². The fourth-order valence-corrected chi connectivity index (χ4v) is 10.2. The van der Waals surface area contributed by atoms with Crippen molar-refractivity contribution in [3.05, 3.63) is 271 Å². The van der Waals surface area contributed by atoms with Gasteiger partial charge in [-0.3, -0.25) is 0 Å². The Balaban J connectivity index is 1.04. The van der Waals surface area contributed by atoms with E-state index < -0.39 is 5.41 Å². The van der Waals surface area contributed by atoms with Gasteiger partial charge in [0.1, 0.15) is 11.2 Å². The number of nitrogens with zero attached hydrogens (tertiary/aromatic N) is 1. The van der Waals surface area contributed by atoms with Crippen LogP contribution in [0.25, 0.3) is 66.4 Å². The van der Waals surface area contributed by atoms with Crippen molar-refractivity contribution in [3.8, 4) is 44.5 Å². The number of anilines is 3. The van der Waals surface area contributed by atoms with Crippen molar-refractivity contribution in [3.63, 3.8) is 0 Å². The maximum Gasteiger partial charge on any atom is 0.143 e. The summed E-state index contributed by atoms with van der Waals surface area (Å²) in [6, 6.07) is 90.2. The zero-order valence-electron chi connectivity index (χ0n) is 34.5. The van der Waals surface area contributed by atoms with Crippen molar-refractivity contribution in [2.24, 2.45) is 0 Å². The summed E-state index contributed by atoms with van der Waals surface area (Å²) in [7, 11) is 0. The Labute approximate surface area is 367 Å². The van der Waals surface area contributed by atoms with Gasteiger partial charge in [-0.15, -0.1) is 0 Å². The molecule has 1 aliphatic rings. The van der Waals surface area contributed by atoms with Crippen LogP contribution in [0, 0.1) is 0 Å². The van der Waals surface area contributed by atoms with Crippen LogP contribution in [-0.4, -0.2) is 0 Å². The number of hydrogen-bond acceptors (Lipinski definition) is 2. The van der Waals surface area contributed by atoms with Crippen LogP contribution in [0.4, 0.5) is 17.1 Å². The number of fused-ring (bicyclic) bond motifs is 6. The van der Waals surface area contributed by atoms with Gasteiger partial charge >= 0.3 is 0 Å². The van der Waals surface area contributed by atoms with Gasteiger partial charge in [0.25, 0.3) is 0 Å². The molecule has 0 aliphatic heterocycles. The Bertz CT molecular complexity index is 3390. The first-order valence-electron chi connectivity index (χ1n) is 21.7. The van der Waals surface area contributed by atoms with Gasteiger partial charge in [-0.05, 0) is 92.0 Å². The summed E-state index contributed by atoms with van der Waals surface area (Å²) in [4.78, 5) is 2.41. The lowest BCUT2D eigenvalue weighted by Gasteiger charge is -2.34. The van der Waals surface area contributed by atoms with Crippen LogP contribution in [0.5, 0.6) is 0 Å². The second kappa shape index (κ2) is 15.1. The summed E-state index contributed by atoms with van der Waals surface area (Å²) in [5.41, 5.74) is 19.0. The van der Waals surface area contributed by atoms with Crippen molar-refractivity contribution in [2.45, 2.75) is 5.41 Å². The molecule has 0 atom stereocenters. The number of rotatable bonds is 8. The van der Waals surface area contributed by atoms with Crippen molar-refractivity contribution >= 4 is 39.0 Å². The maximum atomic E-state index is 6.57. The molecule has 0 spiro atoms. The van der Waals surface area contributed by atoms with E-state index in [1.165, 1.54) is 44.5 Å². The highest BCUT2D eigenvalue weighted by Gasteiger charge is 2.45. The van der Waals surface area contributed by atoms with Gasteiger partial charge < -0.3 is 9.32 Å². The normalized spacial score (nSPS) is 12.6. The van der Waals surface area contributed by atoms with Crippen LogP contribution in [-0.2, 0) is 5.41 Å². The summed E-state index contributed by atoms with van der Waals surface area (Å²) in [5.74, 6) is 0. The van der Waals surface area contributed by atoms with Crippen LogP contribution < -0.4 is 4.90 Å². The van der Waals surface area contributed by atoms with Crippen molar-refractivity contribution in [2.75, 3.05) is 4.90 Å². The fourth-order valence-electron chi connectivity index (χ4n) is 10.2. The summed E-state index contributed by atoms with van der Waals surface area (Å²) in [5, 5.41) is 2.24. The Morgan fingerprint density at radius 2 is 0.841 bits per heavy atom. The van der Waals surface area contributed by atoms with Gasteiger partial charge in [-0.2, -0.15) is 0 Å². The van der Waals surface area contributed by atoms with Gasteiger partial charge in [0.2, 0.25) is 0 Å². The Hall–Kier alpha value is -8.20. The van der Waals surface area contributed by atoms with Crippen molar-refractivity contribution < 1.29 is 4.42 Å². The molecule has 0 saturated carbocycles. The lowest BCUT2D eigenvalue weighted by atomic mass is 9.68. The van der Waals surface area contributed by atoms with E-state index >= 15 is 0 Å². The van der Waals surface area contributed by atoms with Gasteiger partial charge in [0.15, 0.2) is 0 Å².